The molecule has 10 heteroatoms. The monoisotopic (exact) mass is 583 g/mol. The summed E-state index contributed by atoms with van der Waals surface area (Å²) in [6.45, 7) is 7.33. The number of imide groups is 1. The molecule has 1 fully saturated rings. The zero-order valence-corrected chi connectivity index (χ0v) is 25.0. The van der Waals surface area contributed by atoms with Gasteiger partial charge in [-0.25, -0.2) is 9.69 Å². The molecule has 0 aliphatic carbocycles. The maximum atomic E-state index is 12.5. The molecule has 3 amide bonds. The number of aliphatic hydroxyl groups excluding tert-OH is 1. The van der Waals surface area contributed by atoms with Gasteiger partial charge in [0.05, 0.1) is 11.8 Å². The Morgan fingerprint density at radius 3 is 2.48 bits per heavy atom. The van der Waals surface area contributed by atoms with Crippen LogP contribution < -0.4 is 15.5 Å². The van der Waals surface area contributed by atoms with Gasteiger partial charge in [-0.05, 0) is 87.9 Å². The van der Waals surface area contributed by atoms with Gasteiger partial charge >= 0.3 is 12.0 Å². The van der Waals surface area contributed by atoms with Crippen LogP contribution in [0, 0.1) is 0 Å². The second-order valence-electron chi connectivity index (χ2n) is 11.2. The summed E-state index contributed by atoms with van der Waals surface area (Å²) in [7, 11) is 0. The molecule has 1 heterocycles. The topological polar surface area (TPSA) is 137 Å². The Morgan fingerprint density at radius 1 is 1.02 bits per heavy atom. The fourth-order valence-corrected chi connectivity index (χ4v) is 4.74. The molecule has 10 nitrogen and oxygen atoms in total. The van der Waals surface area contributed by atoms with Crippen molar-refractivity contribution in [3.8, 4) is 5.75 Å². The molecule has 4 N–H and O–H groups in total. The fraction of sp³-hybridized carbons (Fsp3) is 0.531. The third kappa shape index (κ3) is 10.1. The van der Waals surface area contributed by atoms with E-state index < -0.39 is 17.6 Å². The lowest BCUT2D eigenvalue weighted by atomic mass is 10.1. The molecule has 1 saturated heterocycles. The maximum absolute atomic E-state index is 12.5. The molecular weight excluding hydrogens is 538 g/mol. The summed E-state index contributed by atoms with van der Waals surface area (Å²) < 4.78 is 10.7. The van der Waals surface area contributed by atoms with Crippen LogP contribution in [0.2, 0.25) is 0 Å². The number of amides is 3. The van der Waals surface area contributed by atoms with Crippen molar-refractivity contribution in [2.24, 2.45) is 0 Å². The number of hydrogen-bond acceptors (Lipinski definition) is 8. The van der Waals surface area contributed by atoms with Crippen molar-refractivity contribution in [3.63, 3.8) is 0 Å². The number of phenolic OH excluding ortho intramolecular Hbond substituents is 1. The number of aryl methyl sites for hydroxylation is 1. The van der Waals surface area contributed by atoms with Crippen LogP contribution in [-0.4, -0.2) is 60.0 Å². The lowest BCUT2D eigenvalue weighted by Crippen LogP contribution is -2.40. The second kappa shape index (κ2) is 16.2. The molecule has 0 saturated carbocycles. The molecule has 3 rings (SSSR count). The minimum atomic E-state index is -0.888. The van der Waals surface area contributed by atoms with E-state index in [2.05, 4.69) is 10.6 Å². The Hall–Kier alpha value is -3.47. The Kier molecular flexibility index (Phi) is 12.8. The first-order chi connectivity index (χ1) is 20.1. The molecular formula is C32H45N3O7. The van der Waals surface area contributed by atoms with E-state index in [0.29, 0.717) is 30.0 Å². The number of hydrogen-bond donors (Lipinski definition) is 4. The summed E-state index contributed by atoms with van der Waals surface area (Å²) in [6.07, 6.45) is 6.20. The predicted octanol–water partition coefficient (Wildman–Crippen LogP) is 4.51. The van der Waals surface area contributed by atoms with E-state index in [1.54, 1.807) is 32.0 Å². The number of carbonyl (C=O) groups is 3. The first kappa shape index (κ1) is 33.0. The van der Waals surface area contributed by atoms with Crippen LogP contribution in [0.1, 0.15) is 82.1 Å². The highest BCUT2D eigenvalue weighted by Crippen LogP contribution is 2.26. The summed E-state index contributed by atoms with van der Waals surface area (Å²) in [5.74, 6) is -0.638. The van der Waals surface area contributed by atoms with Gasteiger partial charge in [-0.2, -0.15) is 0 Å². The van der Waals surface area contributed by atoms with Gasteiger partial charge in [0, 0.05) is 32.2 Å². The zero-order chi connectivity index (χ0) is 30.5. The molecule has 2 aromatic rings. The van der Waals surface area contributed by atoms with Crippen LogP contribution in [0.15, 0.2) is 42.5 Å². The van der Waals surface area contributed by atoms with Crippen molar-refractivity contribution in [2.45, 2.75) is 84.0 Å². The third-order valence-electron chi connectivity index (χ3n) is 7.18. The average molecular weight is 584 g/mol. The number of rotatable bonds is 18. The smallest absolute Gasteiger partial charge is 0.329 e. The van der Waals surface area contributed by atoms with Crippen molar-refractivity contribution >= 4 is 23.6 Å². The molecule has 0 unspecified atom stereocenters. The number of benzene rings is 2. The molecule has 1 atom stereocenters. The molecule has 0 bridgehead atoms. The standard InChI is InChI=1S/C32H45N3O7/c1-23(36)42-22-26-20-25(14-15-28(26)37)29(38)21-33-16-7-4-5-8-17-41-18-9-6-11-24-12-10-13-27(19-24)35-30(39)32(2,3)34-31(35)40/h10,12-15,19-20,29,33,37-38H,4-9,11,16-18,21-22H2,1-3H3,(H,34,40)/t29-/m0/s1. The molecule has 230 valence electrons. The van der Waals surface area contributed by atoms with Gasteiger partial charge in [0.15, 0.2) is 0 Å². The van der Waals surface area contributed by atoms with Crippen molar-refractivity contribution in [2.75, 3.05) is 31.2 Å². The second-order valence-corrected chi connectivity index (χ2v) is 11.2. The summed E-state index contributed by atoms with van der Waals surface area (Å²) >= 11 is 0. The summed E-state index contributed by atoms with van der Waals surface area (Å²) in [5, 5.41) is 26.3. The number of urea groups is 1. The largest absolute Gasteiger partial charge is 0.508 e. The predicted molar refractivity (Wildman–Crippen MR) is 160 cm³/mol. The van der Waals surface area contributed by atoms with E-state index in [4.69, 9.17) is 9.47 Å². The van der Waals surface area contributed by atoms with Gasteiger partial charge in [0.2, 0.25) is 0 Å². The van der Waals surface area contributed by atoms with Gasteiger partial charge in [-0.15, -0.1) is 0 Å². The number of nitrogens with one attached hydrogen (secondary N) is 2. The van der Waals surface area contributed by atoms with Crippen LogP contribution in [0.3, 0.4) is 0 Å². The van der Waals surface area contributed by atoms with E-state index >= 15 is 0 Å². The van der Waals surface area contributed by atoms with Gasteiger partial charge in [0.1, 0.15) is 17.9 Å². The fourth-order valence-electron chi connectivity index (χ4n) is 4.74. The van der Waals surface area contributed by atoms with Gasteiger partial charge in [0.25, 0.3) is 5.91 Å². The highest BCUT2D eigenvalue weighted by atomic mass is 16.5. The SMILES string of the molecule is CC(=O)OCc1cc([C@@H](O)CNCCCCCCOCCCCc2cccc(N3C(=O)NC(C)(C)C3=O)c2)ccc1O. The number of anilines is 1. The minimum Gasteiger partial charge on any atom is -0.508 e. The summed E-state index contributed by atoms with van der Waals surface area (Å²) in [5.41, 5.74) is 1.93. The Bertz CT molecular complexity index is 1200. The van der Waals surface area contributed by atoms with E-state index in [0.717, 1.165) is 63.7 Å². The van der Waals surface area contributed by atoms with Gasteiger partial charge in [-0.3, -0.25) is 9.59 Å². The number of ether oxygens (including phenoxy) is 2. The Morgan fingerprint density at radius 2 is 1.76 bits per heavy atom. The van der Waals surface area contributed by atoms with Crippen molar-refractivity contribution in [3.05, 3.63) is 59.2 Å². The number of nitrogens with zero attached hydrogens (tertiary/aromatic N) is 1. The number of aromatic hydroxyl groups is 1. The quantitative estimate of drug-likeness (QED) is 0.114. The summed E-state index contributed by atoms with van der Waals surface area (Å²) in [6, 6.07) is 12.0. The lowest BCUT2D eigenvalue weighted by molar-refractivity contribution is -0.142. The lowest BCUT2D eigenvalue weighted by Gasteiger charge is -2.16. The molecule has 2 aromatic carbocycles. The Labute approximate surface area is 248 Å². The van der Waals surface area contributed by atoms with E-state index in [1.165, 1.54) is 17.9 Å². The van der Waals surface area contributed by atoms with Crippen molar-refractivity contribution in [1.29, 1.82) is 0 Å². The normalized spacial score (nSPS) is 15.1. The number of unbranched alkanes of at least 4 members (excludes halogenated alkanes) is 4. The maximum Gasteiger partial charge on any atom is 0.329 e. The van der Waals surface area contributed by atoms with E-state index in [9.17, 15) is 24.6 Å². The zero-order valence-electron chi connectivity index (χ0n) is 25.0. The number of carbonyl (C=O) groups excluding carboxylic acids is 3. The van der Waals surface area contributed by atoms with Crippen molar-refractivity contribution in [1.82, 2.24) is 10.6 Å². The number of esters is 1. The molecule has 0 radical (unpaired) electrons. The number of phenols is 1. The first-order valence-electron chi connectivity index (χ1n) is 14.8. The van der Waals surface area contributed by atoms with E-state index in [-0.39, 0.29) is 24.3 Å². The molecule has 42 heavy (non-hydrogen) atoms. The van der Waals surface area contributed by atoms with Crippen LogP contribution in [0.5, 0.6) is 5.75 Å². The highest BCUT2D eigenvalue weighted by molar-refractivity contribution is 6.23. The Balaban J connectivity index is 1.19. The van der Waals surface area contributed by atoms with Gasteiger partial charge in [-0.1, -0.05) is 31.0 Å². The van der Waals surface area contributed by atoms with Crippen LogP contribution in [-0.2, 0) is 32.1 Å². The molecule has 0 aromatic heterocycles. The van der Waals surface area contributed by atoms with Crippen LogP contribution in [0.4, 0.5) is 10.5 Å². The number of aliphatic hydroxyl groups is 1. The average Bonchev–Trinajstić information content (AvgIpc) is 3.16. The highest BCUT2D eigenvalue weighted by Gasteiger charge is 2.45. The van der Waals surface area contributed by atoms with Crippen LogP contribution >= 0.6 is 0 Å². The molecule has 1 aliphatic rings. The first-order valence-corrected chi connectivity index (χ1v) is 14.8. The summed E-state index contributed by atoms with van der Waals surface area (Å²) in [4.78, 5) is 37.0. The molecule has 1 aliphatic heterocycles. The van der Waals surface area contributed by atoms with Crippen LogP contribution in [0.25, 0.3) is 0 Å². The van der Waals surface area contributed by atoms with Crippen molar-refractivity contribution < 1.29 is 34.1 Å². The minimum absolute atomic E-state index is 0.0303. The molecule has 0 spiro atoms. The third-order valence-corrected chi connectivity index (χ3v) is 7.18. The van der Waals surface area contributed by atoms with Gasteiger partial charge < -0.3 is 30.3 Å². The van der Waals surface area contributed by atoms with E-state index in [1.807, 2.05) is 18.2 Å².